The van der Waals surface area contributed by atoms with Gasteiger partial charge in [0.15, 0.2) is 0 Å². The van der Waals surface area contributed by atoms with Crippen molar-refractivity contribution < 1.29 is 9.31 Å². The third-order valence-corrected chi connectivity index (χ3v) is 2.43. The molecule has 5 nitrogen and oxygen atoms in total. The molecule has 1 aromatic heterocycles. The topological polar surface area (TPSA) is 68.1 Å². The number of nitro groups is 1. The number of benzene rings is 1. The van der Waals surface area contributed by atoms with Gasteiger partial charge in [-0.05, 0) is 12.1 Å². The summed E-state index contributed by atoms with van der Waals surface area (Å²) in [7, 11) is 1.59. The molecule has 0 radical (unpaired) electrons. The molecule has 0 aliphatic heterocycles. The summed E-state index contributed by atoms with van der Waals surface area (Å²) < 4.78 is 13.6. The maximum Gasteiger partial charge on any atom is 0.275 e. The van der Waals surface area contributed by atoms with E-state index in [4.69, 9.17) is 0 Å². The summed E-state index contributed by atoms with van der Waals surface area (Å²) in [4.78, 5) is 14.4. The van der Waals surface area contributed by atoms with E-state index in [0.29, 0.717) is 5.82 Å². The number of halogens is 1. The van der Waals surface area contributed by atoms with Crippen LogP contribution in [0.25, 0.3) is 11.3 Å². The van der Waals surface area contributed by atoms with E-state index in [0.717, 1.165) is 0 Å². The summed E-state index contributed by atoms with van der Waals surface area (Å²) >= 11 is 0. The smallest absolute Gasteiger partial charge is 0.275 e. The fraction of sp³-hybridized carbons (Fsp3) is 0.0833. The summed E-state index contributed by atoms with van der Waals surface area (Å²) in [5.74, 6) is -0.144. The maximum absolute atomic E-state index is 13.6. The lowest BCUT2D eigenvalue weighted by molar-refractivity contribution is -0.384. The second kappa shape index (κ2) is 4.79. The number of rotatable bonds is 3. The Labute approximate surface area is 102 Å². The van der Waals surface area contributed by atoms with Gasteiger partial charge in [0.25, 0.3) is 5.69 Å². The molecule has 0 aliphatic rings. The zero-order valence-corrected chi connectivity index (χ0v) is 9.55. The molecule has 1 aromatic carbocycles. The lowest BCUT2D eigenvalue weighted by Gasteiger charge is -2.05. The number of nitrogens with one attached hydrogen (secondary N) is 1. The molecule has 1 N–H and O–H groups in total. The van der Waals surface area contributed by atoms with Crippen molar-refractivity contribution in [1.29, 1.82) is 0 Å². The van der Waals surface area contributed by atoms with Crippen LogP contribution in [0.3, 0.4) is 0 Å². The summed E-state index contributed by atoms with van der Waals surface area (Å²) in [5, 5.41) is 13.5. The molecule has 2 rings (SSSR count). The average Bonchev–Trinajstić information content (AvgIpc) is 2.38. The minimum Gasteiger partial charge on any atom is -0.373 e. The van der Waals surface area contributed by atoms with Crippen molar-refractivity contribution in [2.45, 2.75) is 0 Å². The van der Waals surface area contributed by atoms with E-state index in [1.807, 2.05) is 0 Å². The highest BCUT2D eigenvalue weighted by Crippen LogP contribution is 2.26. The molecule has 2 aromatic rings. The Hall–Kier alpha value is -2.50. The molecule has 6 heteroatoms. The quantitative estimate of drug-likeness (QED) is 0.668. The van der Waals surface area contributed by atoms with Gasteiger partial charge in [0.05, 0.1) is 16.7 Å². The average molecular weight is 247 g/mol. The van der Waals surface area contributed by atoms with Crippen molar-refractivity contribution in [2.24, 2.45) is 0 Å². The number of anilines is 1. The van der Waals surface area contributed by atoms with Crippen molar-refractivity contribution in [1.82, 2.24) is 4.98 Å². The van der Waals surface area contributed by atoms with Gasteiger partial charge >= 0.3 is 0 Å². The largest absolute Gasteiger partial charge is 0.373 e. The van der Waals surface area contributed by atoms with E-state index in [9.17, 15) is 14.5 Å². The van der Waals surface area contributed by atoms with Crippen molar-refractivity contribution >= 4 is 11.5 Å². The standard InChI is InChI=1S/C12H10FN3O2/c1-14-12-7-8(16(17)18)6-11(15-12)9-4-2-3-5-10(9)13/h2-7H,1H3,(H,14,15). The molecule has 0 unspecified atom stereocenters. The monoisotopic (exact) mass is 247 g/mol. The fourth-order valence-corrected chi connectivity index (χ4v) is 1.56. The number of nitrogens with zero attached hydrogens (tertiary/aromatic N) is 2. The molecule has 18 heavy (non-hydrogen) atoms. The van der Waals surface area contributed by atoms with E-state index in [1.165, 1.54) is 24.3 Å². The van der Waals surface area contributed by atoms with Crippen LogP contribution in [0.2, 0.25) is 0 Å². The third-order valence-electron chi connectivity index (χ3n) is 2.43. The molecule has 0 atom stereocenters. The summed E-state index contributed by atoms with van der Waals surface area (Å²) in [5.41, 5.74) is 0.331. The summed E-state index contributed by atoms with van der Waals surface area (Å²) in [6.45, 7) is 0. The van der Waals surface area contributed by atoms with Gasteiger partial charge in [0.1, 0.15) is 11.6 Å². The molecule has 0 amide bonds. The predicted octanol–water partition coefficient (Wildman–Crippen LogP) is 2.84. The molecule has 0 aliphatic carbocycles. The Morgan fingerprint density at radius 2 is 2.06 bits per heavy atom. The number of pyridine rings is 1. The van der Waals surface area contributed by atoms with Gasteiger partial charge in [0, 0.05) is 18.7 Å². The van der Waals surface area contributed by atoms with Gasteiger partial charge in [-0.2, -0.15) is 0 Å². The molecule has 0 saturated heterocycles. The van der Waals surface area contributed by atoms with Crippen LogP contribution >= 0.6 is 0 Å². The van der Waals surface area contributed by atoms with E-state index < -0.39 is 10.7 Å². The lowest BCUT2D eigenvalue weighted by Crippen LogP contribution is -1.98. The zero-order chi connectivity index (χ0) is 13.1. The lowest BCUT2D eigenvalue weighted by atomic mass is 10.1. The molecular formula is C12H10FN3O2. The van der Waals surface area contributed by atoms with Crippen LogP contribution in [0.1, 0.15) is 0 Å². The normalized spacial score (nSPS) is 10.1. The number of hydrogen-bond donors (Lipinski definition) is 1. The highest BCUT2D eigenvalue weighted by atomic mass is 19.1. The van der Waals surface area contributed by atoms with E-state index in [2.05, 4.69) is 10.3 Å². The maximum atomic E-state index is 13.6. The van der Waals surface area contributed by atoms with E-state index in [1.54, 1.807) is 19.2 Å². The minimum absolute atomic E-state index is 0.132. The number of aromatic nitrogens is 1. The SMILES string of the molecule is CNc1cc([N+](=O)[O-])cc(-c2ccccc2F)n1. The van der Waals surface area contributed by atoms with E-state index >= 15 is 0 Å². The van der Waals surface area contributed by atoms with Gasteiger partial charge in [-0.25, -0.2) is 9.37 Å². The highest BCUT2D eigenvalue weighted by Gasteiger charge is 2.13. The van der Waals surface area contributed by atoms with Crippen molar-refractivity contribution in [3.8, 4) is 11.3 Å². The van der Waals surface area contributed by atoms with Gasteiger partial charge in [0.2, 0.25) is 0 Å². The Bertz CT molecular complexity index is 602. The first-order chi connectivity index (χ1) is 8.61. The Kier molecular flexibility index (Phi) is 3.18. The molecule has 0 fully saturated rings. The van der Waals surface area contributed by atoms with Gasteiger partial charge in [-0.15, -0.1) is 0 Å². The molecule has 0 saturated carbocycles. The van der Waals surface area contributed by atoms with Crippen LogP contribution in [-0.2, 0) is 0 Å². The molecule has 1 heterocycles. The van der Waals surface area contributed by atoms with Crippen LogP contribution in [0.15, 0.2) is 36.4 Å². The zero-order valence-electron chi connectivity index (χ0n) is 9.55. The second-order valence-corrected chi connectivity index (χ2v) is 3.58. The first-order valence-corrected chi connectivity index (χ1v) is 5.21. The molecular weight excluding hydrogens is 237 g/mol. The van der Waals surface area contributed by atoms with Crippen molar-refractivity contribution in [3.63, 3.8) is 0 Å². The Morgan fingerprint density at radius 3 is 2.67 bits per heavy atom. The van der Waals surface area contributed by atoms with Gasteiger partial charge in [-0.1, -0.05) is 12.1 Å². The molecule has 0 spiro atoms. The second-order valence-electron chi connectivity index (χ2n) is 3.58. The molecule has 0 bridgehead atoms. The first-order valence-electron chi connectivity index (χ1n) is 5.21. The fourth-order valence-electron chi connectivity index (χ4n) is 1.56. The predicted molar refractivity (Wildman–Crippen MR) is 65.8 cm³/mol. The van der Waals surface area contributed by atoms with Crippen LogP contribution in [0.4, 0.5) is 15.9 Å². The third kappa shape index (κ3) is 2.27. The van der Waals surface area contributed by atoms with Crippen LogP contribution in [0.5, 0.6) is 0 Å². The number of hydrogen-bond acceptors (Lipinski definition) is 4. The summed E-state index contributed by atoms with van der Waals surface area (Å²) in [6.07, 6.45) is 0. The van der Waals surface area contributed by atoms with E-state index in [-0.39, 0.29) is 16.9 Å². The van der Waals surface area contributed by atoms with Crippen molar-refractivity contribution in [2.75, 3.05) is 12.4 Å². The first kappa shape index (κ1) is 12.0. The minimum atomic E-state index is -0.535. The van der Waals surface area contributed by atoms with Crippen molar-refractivity contribution in [3.05, 3.63) is 52.3 Å². The van der Waals surface area contributed by atoms with Gasteiger partial charge in [-0.3, -0.25) is 10.1 Å². The summed E-state index contributed by atoms with van der Waals surface area (Å²) in [6, 6.07) is 8.56. The van der Waals surface area contributed by atoms with Crippen LogP contribution in [0, 0.1) is 15.9 Å². The van der Waals surface area contributed by atoms with Gasteiger partial charge < -0.3 is 5.32 Å². The van der Waals surface area contributed by atoms with Crippen LogP contribution in [-0.4, -0.2) is 17.0 Å². The Balaban J connectivity index is 2.60. The Morgan fingerprint density at radius 1 is 1.33 bits per heavy atom. The highest BCUT2D eigenvalue weighted by molar-refractivity contribution is 5.65. The van der Waals surface area contributed by atoms with Crippen LogP contribution < -0.4 is 5.32 Å². The molecule has 92 valence electrons.